The van der Waals surface area contributed by atoms with Gasteiger partial charge in [0.15, 0.2) is 0 Å². The normalized spacial score (nSPS) is 12.9. The summed E-state index contributed by atoms with van der Waals surface area (Å²) in [5, 5.41) is 0. The fraction of sp³-hybridized carbons (Fsp3) is 0.222. The van der Waals surface area contributed by atoms with E-state index in [2.05, 4.69) is 74.3 Å². The zero-order valence-corrected chi connectivity index (χ0v) is 25.1. The molecule has 2 heterocycles. The van der Waals surface area contributed by atoms with Gasteiger partial charge in [0.1, 0.15) is 0 Å². The van der Waals surface area contributed by atoms with Crippen molar-refractivity contribution in [3.05, 3.63) is 131 Å². The van der Waals surface area contributed by atoms with E-state index in [0.29, 0.717) is 0 Å². The molecule has 0 N–H and O–H groups in total. The first kappa shape index (κ1) is 27.2. The maximum Gasteiger partial charge on any atom is 0.0198 e. The second-order valence-corrected chi connectivity index (χ2v) is 11.2. The first-order chi connectivity index (χ1) is 18.5. The molecule has 0 saturated carbocycles. The number of aromatic nitrogens is 2. The van der Waals surface area contributed by atoms with Crippen molar-refractivity contribution in [2.75, 3.05) is 0 Å². The minimum atomic E-state index is 0. The third-order valence-corrected chi connectivity index (χ3v) is 7.58. The summed E-state index contributed by atoms with van der Waals surface area (Å²) >= 11 is 0. The molecule has 0 spiro atoms. The van der Waals surface area contributed by atoms with Crippen LogP contribution >= 0.6 is 0 Å². The molecule has 7 rings (SSSR count). The van der Waals surface area contributed by atoms with E-state index in [1.165, 1.54) is 38.9 Å². The molecule has 0 unspecified atom stereocenters. The molecule has 5 aromatic rings. The van der Waals surface area contributed by atoms with Crippen molar-refractivity contribution < 1.29 is 20.1 Å². The number of hydrogen-bond acceptors (Lipinski definition) is 2. The topological polar surface area (TPSA) is 25.8 Å². The summed E-state index contributed by atoms with van der Waals surface area (Å²) in [6.07, 6.45) is 8.31. The van der Waals surface area contributed by atoms with Crippen LogP contribution in [0.1, 0.15) is 48.6 Å². The first-order valence-corrected chi connectivity index (χ1v) is 13.5. The van der Waals surface area contributed by atoms with Gasteiger partial charge >= 0.3 is 0 Å². The average molecular weight is 685 g/mol. The zero-order valence-electron chi connectivity index (χ0n) is 22.7. The Kier molecular flexibility index (Phi) is 7.93. The minimum Gasteiger partial charge on any atom is -0.305 e. The molecule has 197 valence electrons. The molecule has 3 heteroatoms. The van der Waals surface area contributed by atoms with Gasteiger partial charge in [0.2, 0.25) is 0 Å². The van der Waals surface area contributed by atoms with Crippen molar-refractivity contribution in [3.8, 4) is 33.6 Å². The summed E-state index contributed by atoms with van der Waals surface area (Å²) in [4.78, 5) is 8.99. The van der Waals surface area contributed by atoms with Crippen molar-refractivity contribution in [1.82, 2.24) is 9.97 Å². The van der Waals surface area contributed by atoms with Crippen LogP contribution in [0.15, 0.2) is 91.3 Å². The largest absolute Gasteiger partial charge is 0.305 e. The van der Waals surface area contributed by atoms with E-state index < -0.39 is 0 Å². The molecule has 2 aromatic heterocycles. The van der Waals surface area contributed by atoms with Crippen molar-refractivity contribution in [2.45, 2.75) is 51.9 Å². The smallest absolute Gasteiger partial charge is 0.0198 e. The van der Waals surface area contributed by atoms with Crippen LogP contribution in [0.2, 0.25) is 0 Å². The molecule has 0 amide bonds. The molecule has 0 aliphatic heterocycles. The van der Waals surface area contributed by atoms with Crippen LogP contribution in [0.25, 0.3) is 33.6 Å². The van der Waals surface area contributed by atoms with Crippen molar-refractivity contribution in [1.29, 1.82) is 0 Å². The molecular formula is C36H32IrN2-2. The van der Waals surface area contributed by atoms with E-state index >= 15 is 0 Å². The van der Waals surface area contributed by atoms with Gasteiger partial charge in [0.05, 0.1) is 0 Å². The van der Waals surface area contributed by atoms with Crippen LogP contribution < -0.4 is 0 Å². The second-order valence-electron chi connectivity index (χ2n) is 11.2. The second kappa shape index (κ2) is 11.4. The van der Waals surface area contributed by atoms with Gasteiger partial charge in [-0.1, -0.05) is 74.4 Å². The number of hydrogen-bond donors (Lipinski definition) is 0. The third kappa shape index (κ3) is 5.66. The Labute approximate surface area is 245 Å². The molecule has 3 aromatic carbocycles. The van der Waals surface area contributed by atoms with Gasteiger partial charge in [-0.05, 0) is 65.2 Å². The van der Waals surface area contributed by atoms with Gasteiger partial charge in [-0.25, -0.2) is 0 Å². The number of nitrogens with zero attached hydrogens (tertiary/aromatic N) is 2. The Morgan fingerprint density at radius 2 is 1.41 bits per heavy atom. The van der Waals surface area contributed by atoms with E-state index in [9.17, 15) is 0 Å². The van der Waals surface area contributed by atoms with Crippen molar-refractivity contribution in [3.63, 3.8) is 0 Å². The molecule has 0 atom stereocenters. The SMILES string of the molecule is CC(C)(C)c1ccc(-c2[c-]c3c4c(c2)CCc2cccc(c2-4)CC3)nc1.[Ir].[c-]1ccccc1-c1ccccn1. The Morgan fingerprint density at radius 3 is 2.08 bits per heavy atom. The van der Waals surface area contributed by atoms with Crippen LogP contribution in [-0.2, 0) is 51.2 Å². The van der Waals surface area contributed by atoms with Crippen LogP contribution in [0, 0.1) is 12.1 Å². The van der Waals surface area contributed by atoms with Gasteiger partial charge in [0.25, 0.3) is 0 Å². The van der Waals surface area contributed by atoms with E-state index in [1.807, 2.05) is 48.7 Å². The third-order valence-electron chi connectivity index (χ3n) is 7.58. The molecule has 0 bridgehead atoms. The minimum absolute atomic E-state index is 0. The maximum absolute atomic E-state index is 4.77. The number of benzene rings is 3. The van der Waals surface area contributed by atoms with Crippen LogP contribution in [-0.4, -0.2) is 9.97 Å². The van der Waals surface area contributed by atoms with E-state index in [0.717, 1.165) is 48.2 Å². The fourth-order valence-corrected chi connectivity index (χ4v) is 5.53. The fourth-order valence-electron chi connectivity index (χ4n) is 5.53. The summed E-state index contributed by atoms with van der Waals surface area (Å²) in [7, 11) is 0. The number of aryl methyl sites for hydroxylation is 4. The molecule has 2 aliphatic carbocycles. The predicted octanol–water partition coefficient (Wildman–Crippen LogP) is 8.26. The standard InChI is InChI=1S/C25H24N.C11H8N.Ir/c1-25(2,3)21-11-12-22(26-15-21)20-13-18-9-7-16-5-4-6-17-8-10-19(14-20)24(18)23(16)17;1-2-6-10(7-3-1)11-8-4-5-9-12-11;/h4-6,11-13,15H,7-10H2,1-3H3;1-6,8-9H;/q2*-1;. The van der Waals surface area contributed by atoms with E-state index in [4.69, 9.17) is 4.98 Å². The summed E-state index contributed by atoms with van der Waals surface area (Å²) in [5.41, 5.74) is 14.5. The molecule has 39 heavy (non-hydrogen) atoms. The summed E-state index contributed by atoms with van der Waals surface area (Å²) < 4.78 is 0. The molecule has 2 nitrogen and oxygen atoms in total. The summed E-state index contributed by atoms with van der Waals surface area (Å²) in [6, 6.07) is 34.1. The van der Waals surface area contributed by atoms with Gasteiger partial charge < -0.3 is 9.97 Å². The van der Waals surface area contributed by atoms with E-state index in [1.54, 1.807) is 6.20 Å². The quantitative estimate of drug-likeness (QED) is 0.175. The summed E-state index contributed by atoms with van der Waals surface area (Å²) in [6.45, 7) is 6.69. The molecule has 2 aliphatic rings. The Bertz CT molecular complexity index is 1480. The molecular weight excluding hydrogens is 653 g/mol. The summed E-state index contributed by atoms with van der Waals surface area (Å²) in [5.74, 6) is 0. The van der Waals surface area contributed by atoms with Crippen LogP contribution in [0.3, 0.4) is 0 Å². The molecule has 1 radical (unpaired) electrons. The molecule has 0 fully saturated rings. The Morgan fingerprint density at radius 1 is 0.667 bits per heavy atom. The maximum atomic E-state index is 4.77. The number of rotatable bonds is 2. The van der Waals surface area contributed by atoms with Gasteiger partial charge in [0, 0.05) is 32.5 Å². The van der Waals surface area contributed by atoms with Crippen molar-refractivity contribution in [2.24, 2.45) is 0 Å². The Balaban J connectivity index is 0.000000200. The van der Waals surface area contributed by atoms with Crippen LogP contribution in [0.4, 0.5) is 0 Å². The monoisotopic (exact) mass is 685 g/mol. The van der Waals surface area contributed by atoms with Gasteiger partial charge in [-0.3, -0.25) is 0 Å². The molecule has 0 saturated heterocycles. The zero-order chi connectivity index (χ0) is 26.1. The average Bonchev–Trinajstić information content (AvgIpc) is 2.97. The van der Waals surface area contributed by atoms with Crippen LogP contribution in [0.5, 0.6) is 0 Å². The predicted molar refractivity (Wildman–Crippen MR) is 156 cm³/mol. The Hall–Kier alpha value is -3.39. The first-order valence-electron chi connectivity index (χ1n) is 13.5. The van der Waals surface area contributed by atoms with Gasteiger partial charge in [-0.15, -0.1) is 64.7 Å². The number of pyridine rings is 2. The van der Waals surface area contributed by atoms with E-state index in [-0.39, 0.29) is 25.5 Å². The van der Waals surface area contributed by atoms with Crippen molar-refractivity contribution >= 4 is 0 Å². The van der Waals surface area contributed by atoms with Gasteiger partial charge in [-0.2, -0.15) is 0 Å².